The second-order valence-electron chi connectivity index (χ2n) is 2.05. The summed E-state index contributed by atoms with van der Waals surface area (Å²) in [5.41, 5.74) is 0. The molecule has 0 aromatic rings. The van der Waals surface area contributed by atoms with E-state index in [1.807, 2.05) is 0 Å². The number of hydrogen-bond donors (Lipinski definition) is 3. The molecule has 7 heteroatoms. The number of nitrogens with one attached hydrogen (secondary N) is 1. The van der Waals surface area contributed by atoms with Crippen LogP contribution in [0.15, 0.2) is 0 Å². The smallest absolute Gasteiger partial charge is 0.407 e. The lowest BCUT2D eigenvalue weighted by atomic mass is 10.7. The predicted molar refractivity (Wildman–Crippen MR) is 41.9 cm³/mol. The van der Waals surface area contributed by atoms with E-state index in [0.717, 1.165) is 0 Å². The topological polar surface area (TPSA) is 95.9 Å². The van der Waals surface area contributed by atoms with E-state index in [1.54, 1.807) is 6.92 Å². The average molecular weight is 197 g/mol. The van der Waals surface area contributed by atoms with Crippen molar-refractivity contribution in [1.29, 1.82) is 0 Å². The first kappa shape index (κ1) is 11.4. The molecule has 0 heterocycles. The predicted octanol–water partition coefficient (Wildman–Crippen LogP) is -0.0898. The molecule has 0 aliphatic rings. The monoisotopic (exact) mass is 197 g/mol. The van der Waals surface area contributed by atoms with Crippen molar-refractivity contribution in [3.8, 4) is 0 Å². The zero-order valence-electron chi connectivity index (χ0n) is 6.69. The summed E-state index contributed by atoms with van der Waals surface area (Å²) in [6, 6.07) is 0. The molecule has 0 fully saturated rings. The third kappa shape index (κ3) is 7.53. The highest BCUT2D eigenvalue weighted by molar-refractivity contribution is 7.51. The first-order chi connectivity index (χ1) is 5.45. The Morgan fingerprint density at radius 1 is 1.58 bits per heavy atom. The van der Waals surface area contributed by atoms with E-state index in [0.29, 0.717) is 6.54 Å². The quantitative estimate of drug-likeness (QED) is 0.547. The zero-order valence-corrected chi connectivity index (χ0v) is 7.58. The fraction of sp³-hybridized carbons (Fsp3) is 0.800. The molecule has 0 aliphatic carbocycles. The van der Waals surface area contributed by atoms with Crippen molar-refractivity contribution in [2.45, 2.75) is 6.92 Å². The number of ether oxygens (including phenoxy) is 1. The number of alkyl carbamates (subject to hydrolysis) is 1. The van der Waals surface area contributed by atoms with Crippen LogP contribution in [-0.4, -0.2) is 35.2 Å². The standard InChI is InChI=1S/C5H12NO5P/c1-2-6-5(7)11-3-4-12(8,9)10/h2-4H2,1H3,(H,6,7)(H2,8,9,10). The Hall–Kier alpha value is -0.580. The SMILES string of the molecule is CCNC(=O)OCCP(=O)(O)O. The Balaban J connectivity index is 3.44. The summed E-state index contributed by atoms with van der Waals surface area (Å²) in [4.78, 5) is 27.3. The van der Waals surface area contributed by atoms with Gasteiger partial charge in [0.05, 0.1) is 6.16 Å². The van der Waals surface area contributed by atoms with E-state index in [4.69, 9.17) is 9.79 Å². The molecule has 0 atom stereocenters. The zero-order chi connectivity index (χ0) is 9.61. The Labute approximate surface area is 70.1 Å². The molecular weight excluding hydrogens is 185 g/mol. The van der Waals surface area contributed by atoms with Gasteiger partial charge in [-0.3, -0.25) is 4.57 Å². The minimum Gasteiger partial charge on any atom is -0.449 e. The summed E-state index contributed by atoms with van der Waals surface area (Å²) < 4.78 is 14.7. The minimum absolute atomic E-state index is 0.268. The van der Waals surface area contributed by atoms with Crippen LogP contribution in [0.2, 0.25) is 0 Å². The van der Waals surface area contributed by atoms with E-state index in [-0.39, 0.29) is 6.61 Å². The van der Waals surface area contributed by atoms with Crippen LogP contribution in [0.4, 0.5) is 4.79 Å². The van der Waals surface area contributed by atoms with Gasteiger partial charge in [0.2, 0.25) is 0 Å². The maximum absolute atomic E-state index is 10.5. The van der Waals surface area contributed by atoms with Gasteiger partial charge in [0.1, 0.15) is 6.61 Å². The number of amides is 1. The molecule has 0 aliphatic heterocycles. The van der Waals surface area contributed by atoms with Crippen LogP contribution in [0.5, 0.6) is 0 Å². The van der Waals surface area contributed by atoms with Gasteiger partial charge in [0.15, 0.2) is 0 Å². The van der Waals surface area contributed by atoms with Crippen LogP contribution in [0.1, 0.15) is 6.92 Å². The van der Waals surface area contributed by atoms with E-state index < -0.39 is 19.9 Å². The molecule has 0 saturated carbocycles. The van der Waals surface area contributed by atoms with Crippen molar-refractivity contribution < 1.29 is 23.9 Å². The summed E-state index contributed by atoms with van der Waals surface area (Å²) >= 11 is 0. The molecule has 0 rings (SSSR count). The van der Waals surface area contributed by atoms with E-state index in [1.165, 1.54) is 0 Å². The summed E-state index contributed by atoms with van der Waals surface area (Å²) in [6.45, 7) is 1.87. The second kappa shape index (κ2) is 5.13. The van der Waals surface area contributed by atoms with Crippen molar-refractivity contribution in [2.24, 2.45) is 0 Å². The average Bonchev–Trinajstić information content (AvgIpc) is 1.84. The molecule has 72 valence electrons. The molecule has 0 aromatic carbocycles. The maximum Gasteiger partial charge on any atom is 0.407 e. The molecule has 0 aromatic heterocycles. The molecule has 12 heavy (non-hydrogen) atoms. The fourth-order valence-corrected chi connectivity index (χ4v) is 0.782. The minimum atomic E-state index is -4.05. The van der Waals surface area contributed by atoms with Crippen molar-refractivity contribution in [2.75, 3.05) is 19.3 Å². The van der Waals surface area contributed by atoms with Crippen LogP contribution >= 0.6 is 7.60 Å². The van der Waals surface area contributed by atoms with Crippen molar-refractivity contribution in [3.63, 3.8) is 0 Å². The van der Waals surface area contributed by atoms with Gasteiger partial charge in [-0.15, -0.1) is 0 Å². The van der Waals surface area contributed by atoms with Crippen LogP contribution in [0.25, 0.3) is 0 Å². The molecule has 0 saturated heterocycles. The molecular formula is C5H12NO5P. The van der Waals surface area contributed by atoms with E-state index >= 15 is 0 Å². The molecule has 3 N–H and O–H groups in total. The molecule has 0 radical (unpaired) electrons. The van der Waals surface area contributed by atoms with Gasteiger partial charge in [0, 0.05) is 6.54 Å². The van der Waals surface area contributed by atoms with E-state index in [9.17, 15) is 9.36 Å². The normalized spacial score (nSPS) is 10.9. The highest BCUT2D eigenvalue weighted by atomic mass is 31.2. The largest absolute Gasteiger partial charge is 0.449 e. The molecule has 0 unspecified atom stereocenters. The summed E-state index contributed by atoms with van der Waals surface area (Å²) in [7, 11) is -4.05. The lowest BCUT2D eigenvalue weighted by molar-refractivity contribution is 0.152. The summed E-state index contributed by atoms with van der Waals surface area (Å²) in [5, 5.41) is 2.32. The number of hydrogen-bond acceptors (Lipinski definition) is 3. The summed E-state index contributed by atoms with van der Waals surface area (Å²) in [6.07, 6.45) is -1.10. The van der Waals surface area contributed by atoms with Gasteiger partial charge in [-0.25, -0.2) is 4.79 Å². The number of carbonyl (C=O) groups is 1. The van der Waals surface area contributed by atoms with Gasteiger partial charge in [-0.05, 0) is 6.92 Å². The van der Waals surface area contributed by atoms with Crippen molar-refractivity contribution >= 4 is 13.7 Å². The first-order valence-electron chi connectivity index (χ1n) is 3.41. The fourth-order valence-electron chi connectivity index (χ4n) is 0.453. The highest BCUT2D eigenvalue weighted by Crippen LogP contribution is 2.33. The molecule has 0 bridgehead atoms. The van der Waals surface area contributed by atoms with Crippen molar-refractivity contribution in [3.05, 3.63) is 0 Å². The third-order valence-corrected chi connectivity index (χ3v) is 1.70. The van der Waals surface area contributed by atoms with Crippen molar-refractivity contribution in [1.82, 2.24) is 5.32 Å². The Morgan fingerprint density at radius 3 is 2.58 bits per heavy atom. The van der Waals surface area contributed by atoms with Crippen LogP contribution in [0, 0.1) is 0 Å². The van der Waals surface area contributed by atoms with Gasteiger partial charge in [-0.2, -0.15) is 0 Å². The molecule has 6 nitrogen and oxygen atoms in total. The number of carbonyl (C=O) groups excluding carboxylic acids is 1. The van der Waals surface area contributed by atoms with Crippen LogP contribution in [-0.2, 0) is 9.30 Å². The van der Waals surface area contributed by atoms with Gasteiger partial charge >= 0.3 is 13.7 Å². The maximum atomic E-state index is 10.5. The van der Waals surface area contributed by atoms with Gasteiger partial charge < -0.3 is 19.8 Å². The first-order valence-corrected chi connectivity index (χ1v) is 5.20. The molecule has 0 spiro atoms. The summed E-state index contributed by atoms with van der Waals surface area (Å²) in [5.74, 6) is 0. The van der Waals surface area contributed by atoms with E-state index in [2.05, 4.69) is 10.1 Å². The van der Waals surface area contributed by atoms with Gasteiger partial charge in [0.25, 0.3) is 0 Å². The lowest BCUT2D eigenvalue weighted by Crippen LogP contribution is -2.24. The Kier molecular flexibility index (Phi) is 4.89. The Bertz CT molecular complexity index is 188. The molecule has 1 amide bonds. The second-order valence-corrected chi connectivity index (χ2v) is 3.83. The third-order valence-electron chi connectivity index (χ3n) is 0.937. The number of rotatable bonds is 4. The highest BCUT2D eigenvalue weighted by Gasteiger charge is 2.13. The Morgan fingerprint density at radius 2 is 2.17 bits per heavy atom. The van der Waals surface area contributed by atoms with Crippen LogP contribution < -0.4 is 5.32 Å². The van der Waals surface area contributed by atoms with Crippen LogP contribution in [0.3, 0.4) is 0 Å². The lowest BCUT2D eigenvalue weighted by Gasteiger charge is -2.05. The van der Waals surface area contributed by atoms with Gasteiger partial charge in [-0.1, -0.05) is 0 Å².